The second-order valence-corrected chi connectivity index (χ2v) is 8.65. The van der Waals surface area contributed by atoms with E-state index in [1.54, 1.807) is 6.20 Å². The summed E-state index contributed by atoms with van der Waals surface area (Å²) in [6.07, 6.45) is 0.296. The van der Waals surface area contributed by atoms with Crippen LogP contribution in [0, 0.1) is 0 Å². The first-order chi connectivity index (χ1) is 14.4. The number of benzene rings is 1. The number of aromatic nitrogens is 2. The van der Waals surface area contributed by atoms with Gasteiger partial charge in [0.25, 0.3) is 0 Å². The summed E-state index contributed by atoms with van der Waals surface area (Å²) < 4.78 is 17.3. The molecule has 0 bridgehead atoms. The molecule has 2 aliphatic heterocycles. The van der Waals surface area contributed by atoms with Gasteiger partial charge in [-0.3, -0.25) is 0 Å². The molecule has 0 radical (unpaired) electrons. The summed E-state index contributed by atoms with van der Waals surface area (Å²) in [6.45, 7) is 7.48. The Hall–Kier alpha value is -2.71. The first kappa shape index (κ1) is 20.6. The van der Waals surface area contributed by atoms with Crippen LogP contribution < -0.4 is 10.6 Å². The van der Waals surface area contributed by atoms with E-state index in [2.05, 4.69) is 41.4 Å². The van der Waals surface area contributed by atoms with Crippen molar-refractivity contribution in [3.05, 3.63) is 53.9 Å². The van der Waals surface area contributed by atoms with Gasteiger partial charge < -0.3 is 24.8 Å². The van der Waals surface area contributed by atoms with Crippen molar-refractivity contribution in [1.82, 2.24) is 15.3 Å². The molecule has 2 fully saturated rings. The number of hydrogen-bond acceptors (Lipinski definition) is 7. The van der Waals surface area contributed by atoms with Gasteiger partial charge in [-0.25, -0.2) is 14.8 Å². The van der Waals surface area contributed by atoms with Crippen LogP contribution in [0.5, 0.6) is 0 Å². The van der Waals surface area contributed by atoms with Crippen molar-refractivity contribution < 1.29 is 19.0 Å². The summed E-state index contributed by atoms with van der Waals surface area (Å²) in [4.78, 5) is 21.1. The molecule has 2 N–H and O–H groups in total. The summed E-state index contributed by atoms with van der Waals surface area (Å²) in [7, 11) is 0. The molecular formula is C22H28N4O4. The maximum Gasteiger partial charge on any atom is 0.407 e. The number of amides is 1. The van der Waals surface area contributed by atoms with E-state index in [1.165, 1.54) is 0 Å². The molecule has 2 aliphatic rings. The maximum absolute atomic E-state index is 12.2. The molecule has 0 saturated carbocycles. The van der Waals surface area contributed by atoms with E-state index in [9.17, 15) is 4.79 Å². The van der Waals surface area contributed by atoms with Gasteiger partial charge in [-0.05, 0) is 11.6 Å². The molecule has 3 heterocycles. The van der Waals surface area contributed by atoms with Gasteiger partial charge in [-0.1, -0.05) is 51.1 Å². The average molecular weight is 412 g/mol. The van der Waals surface area contributed by atoms with E-state index in [-0.39, 0.29) is 23.7 Å². The molecule has 0 spiro atoms. The van der Waals surface area contributed by atoms with E-state index in [0.29, 0.717) is 25.7 Å². The third-order valence-corrected chi connectivity index (χ3v) is 5.28. The Kier molecular flexibility index (Phi) is 5.87. The minimum atomic E-state index is -0.477. The summed E-state index contributed by atoms with van der Waals surface area (Å²) in [5, 5.41) is 6.09. The van der Waals surface area contributed by atoms with E-state index in [0.717, 1.165) is 11.3 Å². The van der Waals surface area contributed by atoms with Crippen LogP contribution in [-0.4, -0.2) is 53.6 Å². The lowest BCUT2D eigenvalue weighted by Crippen LogP contribution is -2.39. The topological polar surface area (TPSA) is 94.6 Å². The van der Waals surface area contributed by atoms with Crippen molar-refractivity contribution in [3.63, 3.8) is 0 Å². The van der Waals surface area contributed by atoms with Crippen molar-refractivity contribution >= 4 is 12.0 Å². The number of rotatable bonds is 5. The van der Waals surface area contributed by atoms with Crippen molar-refractivity contribution in [3.8, 4) is 0 Å². The van der Waals surface area contributed by atoms with Crippen molar-refractivity contribution in [2.45, 2.75) is 57.1 Å². The Balaban J connectivity index is 1.31. The lowest BCUT2D eigenvalue weighted by molar-refractivity contribution is 0.00431. The zero-order valence-corrected chi connectivity index (χ0v) is 17.5. The molecule has 160 valence electrons. The number of alkyl carbamates (subject to hydrolysis) is 1. The van der Waals surface area contributed by atoms with E-state index >= 15 is 0 Å². The fourth-order valence-electron chi connectivity index (χ4n) is 3.65. The Morgan fingerprint density at radius 3 is 2.67 bits per heavy atom. The van der Waals surface area contributed by atoms with Crippen molar-refractivity contribution in [2.75, 3.05) is 18.5 Å². The quantitative estimate of drug-likeness (QED) is 0.780. The second kappa shape index (κ2) is 8.57. The fourth-order valence-corrected chi connectivity index (χ4v) is 3.65. The molecule has 4 rings (SSSR count). The van der Waals surface area contributed by atoms with Gasteiger partial charge in [0.2, 0.25) is 5.95 Å². The number of nitrogens with one attached hydrogen (secondary N) is 2. The molecule has 1 amide bonds. The lowest BCUT2D eigenvalue weighted by Gasteiger charge is -2.20. The second-order valence-electron chi connectivity index (χ2n) is 8.65. The van der Waals surface area contributed by atoms with Crippen molar-refractivity contribution in [1.29, 1.82) is 0 Å². The predicted molar refractivity (Wildman–Crippen MR) is 111 cm³/mol. The number of carbonyl (C=O) groups excluding carboxylic acids is 1. The van der Waals surface area contributed by atoms with Gasteiger partial charge in [0, 0.05) is 18.2 Å². The number of carbonyl (C=O) groups is 1. The number of fused-ring (bicyclic) bond motifs is 1. The zero-order chi connectivity index (χ0) is 21.1. The minimum absolute atomic E-state index is 0.0655. The molecule has 30 heavy (non-hydrogen) atoms. The largest absolute Gasteiger partial charge is 0.441 e. The monoisotopic (exact) mass is 412 g/mol. The molecule has 1 aromatic heterocycles. The van der Waals surface area contributed by atoms with E-state index < -0.39 is 12.2 Å². The van der Waals surface area contributed by atoms with E-state index in [4.69, 9.17) is 14.2 Å². The highest BCUT2D eigenvalue weighted by atomic mass is 16.6. The van der Waals surface area contributed by atoms with Crippen LogP contribution in [0.2, 0.25) is 0 Å². The van der Waals surface area contributed by atoms with Gasteiger partial charge >= 0.3 is 6.09 Å². The molecule has 0 aliphatic carbocycles. The van der Waals surface area contributed by atoms with E-state index in [1.807, 2.05) is 36.4 Å². The summed E-state index contributed by atoms with van der Waals surface area (Å²) in [5.41, 5.74) is 1.90. The van der Waals surface area contributed by atoms with Crippen LogP contribution >= 0.6 is 0 Å². The van der Waals surface area contributed by atoms with Gasteiger partial charge in [-0.15, -0.1) is 0 Å². The minimum Gasteiger partial charge on any atom is -0.441 e. The Morgan fingerprint density at radius 2 is 1.90 bits per heavy atom. The lowest BCUT2D eigenvalue weighted by atomic mass is 9.92. The normalized spacial score (nSPS) is 25.6. The third-order valence-electron chi connectivity index (χ3n) is 5.28. The molecule has 2 aromatic rings. The van der Waals surface area contributed by atoms with Crippen LogP contribution in [0.3, 0.4) is 0 Å². The Morgan fingerprint density at radius 1 is 1.13 bits per heavy atom. The van der Waals surface area contributed by atoms with Gasteiger partial charge in [0.15, 0.2) is 6.10 Å². The molecule has 8 nitrogen and oxygen atoms in total. The Labute approximate surface area is 176 Å². The van der Waals surface area contributed by atoms with Crippen LogP contribution in [-0.2, 0) is 26.2 Å². The molecule has 8 heteroatoms. The molecule has 1 aromatic carbocycles. The van der Waals surface area contributed by atoms with Gasteiger partial charge in [-0.2, -0.15) is 0 Å². The average Bonchev–Trinajstić information content (AvgIpc) is 3.30. The highest BCUT2D eigenvalue weighted by Crippen LogP contribution is 2.30. The van der Waals surface area contributed by atoms with Crippen LogP contribution in [0.1, 0.15) is 32.0 Å². The first-order valence-corrected chi connectivity index (χ1v) is 10.2. The molecular weight excluding hydrogens is 384 g/mol. The van der Waals surface area contributed by atoms with Crippen LogP contribution in [0.15, 0.2) is 42.6 Å². The number of ether oxygens (including phenoxy) is 3. The number of hydrogen-bond donors (Lipinski definition) is 2. The standard InChI is InChI=1S/C22H28N4O4/c1-22(2,3)17-9-10-23-20(26-17)25-15-12-28-19-16(13-29-18(15)19)30-21(27)24-11-14-7-5-4-6-8-14/h4-10,15-16,18-19H,11-13H2,1-3H3,(H,24,27)(H,23,25,26)/t15-,16+,18+,19+/m0/s1. The SMILES string of the molecule is CC(C)(C)c1ccnc(N[C@H]2CO[C@H]3[C@@H]2OC[C@H]3OC(=O)NCc2ccccc2)n1. The van der Waals surface area contributed by atoms with Crippen molar-refractivity contribution in [2.24, 2.45) is 0 Å². The predicted octanol–water partition coefficient (Wildman–Crippen LogP) is 2.65. The van der Waals surface area contributed by atoms with Gasteiger partial charge in [0.05, 0.1) is 24.9 Å². The Bertz CT molecular complexity index is 871. The molecule has 0 unspecified atom stereocenters. The highest BCUT2D eigenvalue weighted by Gasteiger charge is 2.49. The summed E-state index contributed by atoms with van der Waals surface area (Å²) >= 11 is 0. The maximum atomic E-state index is 12.2. The van der Waals surface area contributed by atoms with Gasteiger partial charge in [0.1, 0.15) is 12.2 Å². The van der Waals surface area contributed by atoms with Crippen LogP contribution in [0.4, 0.5) is 10.7 Å². The first-order valence-electron chi connectivity index (χ1n) is 10.2. The summed E-state index contributed by atoms with van der Waals surface area (Å²) in [5.74, 6) is 0.547. The number of anilines is 1. The summed E-state index contributed by atoms with van der Waals surface area (Å²) in [6, 6.07) is 11.5. The highest BCUT2D eigenvalue weighted by molar-refractivity contribution is 5.67. The fraction of sp³-hybridized carbons (Fsp3) is 0.500. The number of nitrogens with zero attached hydrogens (tertiary/aromatic N) is 2. The third kappa shape index (κ3) is 4.71. The van der Waals surface area contributed by atoms with Crippen LogP contribution in [0.25, 0.3) is 0 Å². The zero-order valence-electron chi connectivity index (χ0n) is 17.5. The smallest absolute Gasteiger partial charge is 0.407 e. The molecule has 2 saturated heterocycles. The molecule has 4 atom stereocenters.